The second-order valence-electron chi connectivity index (χ2n) is 0.316. The number of aliphatic hydroxyl groups excluding tert-OH is 1. The maximum atomic E-state index is 7.57. The molecule has 0 amide bonds. The van der Waals surface area contributed by atoms with Gasteiger partial charge in [0.25, 0.3) is 0 Å². The van der Waals surface area contributed by atoms with E-state index in [1.165, 1.54) is 0 Å². The van der Waals surface area contributed by atoms with Gasteiger partial charge in [0, 0.05) is 6.61 Å². The van der Waals surface area contributed by atoms with Gasteiger partial charge in [-0.25, -0.2) is 0 Å². The Labute approximate surface area is 37.3 Å². The van der Waals surface area contributed by atoms with Crippen LogP contribution in [0, 0.1) is 0 Å². The molecule has 0 bridgehead atoms. The molecule has 0 aromatic heterocycles. The minimum atomic E-state index is 0. The summed E-state index contributed by atoms with van der Waals surface area (Å²) >= 11 is 0. The Bertz CT molecular complexity index is 6.00. The van der Waals surface area contributed by atoms with Gasteiger partial charge >= 0.3 is 18.0 Å². The second-order valence-corrected chi connectivity index (χ2v) is 0.316. The Morgan fingerprint density at radius 2 is 1.75 bits per heavy atom. The van der Waals surface area contributed by atoms with Gasteiger partial charge in [0.1, 0.15) is 0 Å². The first-order valence-corrected chi connectivity index (χ1v) is 1.02. The predicted molar refractivity (Wildman–Crippen MR) is 22.7 cm³/mol. The molecular weight excluding hydrogens is 115 g/mol. The predicted octanol–water partition coefficient (Wildman–Crippen LogP) is -1.19. The van der Waals surface area contributed by atoms with Gasteiger partial charge in [0.2, 0.25) is 0 Å². The molecule has 0 rings (SSSR count). The van der Waals surface area contributed by atoms with Crippen molar-refractivity contribution in [3.05, 3.63) is 0 Å². The van der Waals surface area contributed by atoms with E-state index in [4.69, 9.17) is 5.11 Å². The van der Waals surface area contributed by atoms with Gasteiger partial charge in [-0.1, -0.05) is 0 Å². The van der Waals surface area contributed by atoms with Gasteiger partial charge < -0.3 is 5.11 Å². The van der Waals surface area contributed by atoms with Gasteiger partial charge in [0.05, 0.1) is 0 Å². The molecule has 0 radical (unpaired) electrons. The van der Waals surface area contributed by atoms with Crippen LogP contribution in [0.5, 0.6) is 0 Å². The van der Waals surface area contributed by atoms with Crippen LogP contribution in [0.25, 0.3) is 0 Å². The molecule has 0 aliphatic heterocycles. The molecule has 0 aliphatic carbocycles. The summed E-state index contributed by atoms with van der Waals surface area (Å²) in [5.74, 6) is 0. The van der Waals surface area contributed by atoms with E-state index < -0.39 is 0 Å². The topological polar surface area (TPSA) is 20.2 Å². The molecule has 1 unspecified atom stereocenters. The molecule has 1 atom stereocenters. The molecule has 0 heterocycles. The van der Waals surface area contributed by atoms with Crippen LogP contribution >= 0.6 is 0 Å². The summed E-state index contributed by atoms with van der Waals surface area (Å²) in [6.45, 7) is 1.93. The molecule has 0 aromatic carbocycles. The van der Waals surface area contributed by atoms with Crippen LogP contribution in [0.15, 0.2) is 0 Å². The molecule has 28 valence electrons. The van der Waals surface area contributed by atoms with Crippen molar-refractivity contribution in [2.45, 2.75) is 6.92 Å². The Balaban J connectivity index is 0. The van der Waals surface area contributed by atoms with Crippen LogP contribution in [0.1, 0.15) is 6.92 Å². The number of aliphatic hydroxyl groups is 1. The van der Waals surface area contributed by atoms with Gasteiger partial charge in [-0.3, -0.25) is 0 Å². The first-order valence-electron chi connectivity index (χ1n) is 1.02. The van der Waals surface area contributed by atoms with Crippen LogP contribution in [0.3, 0.4) is 0 Å². The molecular formula is C2H9AsO. The zero-order valence-electron chi connectivity index (χ0n) is 2.86. The molecule has 0 spiro atoms. The van der Waals surface area contributed by atoms with Gasteiger partial charge in [-0.05, 0) is 6.92 Å². The van der Waals surface area contributed by atoms with E-state index in [1.807, 2.05) is 0 Å². The van der Waals surface area contributed by atoms with Crippen molar-refractivity contribution >= 4 is 18.0 Å². The third-order valence-electron chi connectivity index (χ3n) is 0. The summed E-state index contributed by atoms with van der Waals surface area (Å²) in [4.78, 5) is 0. The van der Waals surface area contributed by atoms with Crippen LogP contribution in [0.2, 0.25) is 0 Å². The Kier molecular flexibility index (Phi) is 21.3. The van der Waals surface area contributed by atoms with E-state index in [0.29, 0.717) is 0 Å². The fraction of sp³-hybridized carbons (Fsp3) is 1.00. The fourth-order valence-electron chi connectivity index (χ4n) is 0. The molecule has 1 N–H and O–H groups in total. The van der Waals surface area contributed by atoms with Crippen LogP contribution in [-0.2, 0) is 0 Å². The molecule has 1 nitrogen and oxygen atoms in total. The van der Waals surface area contributed by atoms with Crippen molar-refractivity contribution in [2.24, 2.45) is 0 Å². The molecule has 0 saturated carbocycles. The Hall–Kier alpha value is 0.518. The number of rotatable bonds is 0. The van der Waals surface area contributed by atoms with E-state index in [0.717, 1.165) is 0 Å². The monoisotopic (exact) mass is 124 g/mol. The first-order chi connectivity index (χ1) is 1.41. The quantitative estimate of drug-likeness (QED) is 0.403. The van der Waals surface area contributed by atoms with E-state index in [-0.39, 0.29) is 24.6 Å². The van der Waals surface area contributed by atoms with E-state index in [1.54, 1.807) is 6.92 Å². The first kappa shape index (κ1) is 8.82. The molecule has 0 fully saturated rings. The van der Waals surface area contributed by atoms with Crippen molar-refractivity contribution < 1.29 is 5.11 Å². The SMILES string of the molecule is CCO.[AsH3]. The van der Waals surface area contributed by atoms with Crippen molar-refractivity contribution in [2.75, 3.05) is 6.61 Å². The molecule has 2 heteroatoms. The molecule has 0 aliphatic rings. The normalized spacial score (nSPS) is 4.50. The van der Waals surface area contributed by atoms with Crippen LogP contribution in [-0.4, -0.2) is 29.7 Å². The van der Waals surface area contributed by atoms with Crippen LogP contribution in [0.4, 0.5) is 0 Å². The second kappa shape index (κ2) is 9.68. The van der Waals surface area contributed by atoms with Crippen molar-refractivity contribution in [3.63, 3.8) is 0 Å². The average Bonchev–Trinajstić information content (AvgIpc) is 0.918. The maximum absolute atomic E-state index is 7.57. The van der Waals surface area contributed by atoms with Crippen LogP contribution < -0.4 is 0 Å². The average molecular weight is 124 g/mol. The zero-order chi connectivity index (χ0) is 2.71. The molecule has 0 aromatic rings. The van der Waals surface area contributed by atoms with Crippen molar-refractivity contribution in [3.8, 4) is 0 Å². The Morgan fingerprint density at radius 1 is 1.75 bits per heavy atom. The van der Waals surface area contributed by atoms with Gasteiger partial charge in [0.15, 0.2) is 0 Å². The summed E-state index contributed by atoms with van der Waals surface area (Å²) in [7, 11) is 0. The third kappa shape index (κ3) is 21.6. The van der Waals surface area contributed by atoms with Gasteiger partial charge in [-0.15, -0.1) is 0 Å². The third-order valence-corrected chi connectivity index (χ3v) is 0. The Morgan fingerprint density at radius 3 is 1.75 bits per heavy atom. The van der Waals surface area contributed by atoms with Crippen molar-refractivity contribution in [1.82, 2.24) is 0 Å². The van der Waals surface area contributed by atoms with E-state index in [2.05, 4.69) is 0 Å². The summed E-state index contributed by atoms with van der Waals surface area (Å²) < 4.78 is 0. The summed E-state index contributed by atoms with van der Waals surface area (Å²) in [6, 6.07) is 0. The molecule has 0 saturated heterocycles. The minimum absolute atomic E-state index is 0. The van der Waals surface area contributed by atoms with Crippen molar-refractivity contribution in [1.29, 1.82) is 0 Å². The zero-order valence-corrected chi connectivity index (χ0v) is 5.83. The molecule has 4 heavy (non-hydrogen) atoms. The summed E-state index contributed by atoms with van der Waals surface area (Å²) in [5.41, 5.74) is 0. The summed E-state index contributed by atoms with van der Waals surface area (Å²) in [5, 5.41) is 7.57. The van der Waals surface area contributed by atoms with E-state index in [9.17, 15) is 0 Å². The standard InChI is InChI=1S/C2H6O.AsH3/c1-2-3;/h3H,2H2,1H3;1H3. The van der Waals surface area contributed by atoms with E-state index >= 15 is 0 Å². The van der Waals surface area contributed by atoms with Gasteiger partial charge in [-0.2, -0.15) is 0 Å². The number of hydrogen-bond donors (Lipinski definition) is 1. The number of hydrogen-bond acceptors (Lipinski definition) is 1. The summed E-state index contributed by atoms with van der Waals surface area (Å²) in [6.07, 6.45) is 0. The fourth-order valence-corrected chi connectivity index (χ4v) is 0.